The highest BCUT2D eigenvalue weighted by Gasteiger charge is 2.22. The Kier molecular flexibility index (Phi) is 3.38. The fraction of sp³-hybridized carbons (Fsp3) is 0.200. The second kappa shape index (κ2) is 5.03. The molecule has 1 N–H and O–H groups in total. The van der Waals surface area contributed by atoms with E-state index in [1.165, 1.54) is 17.2 Å². The molecule has 0 spiro atoms. The first kappa shape index (κ1) is 12.8. The second-order valence-electron chi connectivity index (χ2n) is 4.79. The molecule has 0 amide bonds. The van der Waals surface area contributed by atoms with Crippen molar-refractivity contribution >= 4 is 28.9 Å². The minimum absolute atomic E-state index is 0.182. The lowest BCUT2D eigenvalue weighted by Gasteiger charge is -2.14. The normalized spacial score (nSPS) is 17.3. The van der Waals surface area contributed by atoms with Crippen molar-refractivity contribution in [3.63, 3.8) is 0 Å². The number of hydrogen-bond acceptors (Lipinski definition) is 1. The number of anilines is 1. The van der Waals surface area contributed by atoms with E-state index in [-0.39, 0.29) is 11.9 Å². The lowest BCUT2D eigenvalue weighted by Crippen LogP contribution is -2.20. The number of rotatable bonds is 2. The highest BCUT2D eigenvalue weighted by atomic mass is 35.5. The number of benzene rings is 2. The summed E-state index contributed by atoms with van der Waals surface area (Å²) in [6, 6.07) is 10.6. The largest absolute Gasteiger partial charge is 0.379 e. The van der Waals surface area contributed by atoms with Crippen LogP contribution in [0.3, 0.4) is 0 Å². The van der Waals surface area contributed by atoms with Crippen LogP contribution in [-0.2, 0) is 12.8 Å². The maximum Gasteiger partial charge on any atom is 0.146 e. The number of halogens is 3. The first-order chi connectivity index (χ1) is 9.11. The molecule has 1 nitrogen and oxygen atoms in total. The molecule has 1 aliphatic carbocycles. The maximum absolute atomic E-state index is 13.7. The molecule has 19 heavy (non-hydrogen) atoms. The van der Waals surface area contributed by atoms with E-state index in [2.05, 4.69) is 5.32 Å². The average Bonchev–Trinajstić information content (AvgIpc) is 2.75. The standard InChI is InChI=1S/C15H12Cl2FN/c16-11-2-1-9-6-13(7-10(9)5-11)19-15-8-12(17)3-4-14(15)18/h1-5,8,13,19H,6-7H2. The Morgan fingerprint density at radius 1 is 0.947 bits per heavy atom. The molecule has 1 atom stereocenters. The summed E-state index contributed by atoms with van der Waals surface area (Å²) in [5, 5.41) is 4.49. The Labute approximate surface area is 121 Å². The van der Waals surface area contributed by atoms with E-state index in [1.54, 1.807) is 12.1 Å². The SMILES string of the molecule is Fc1ccc(Cl)cc1NC1Cc2ccc(Cl)cc2C1. The molecular formula is C15H12Cl2FN. The Hall–Kier alpha value is -1.25. The number of hydrogen-bond donors (Lipinski definition) is 1. The molecule has 4 heteroatoms. The van der Waals surface area contributed by atoms with E-state index in [1.807, 2.05) is 18.2 Å². The zero-order valence-corrected chi connectivity index (χ0v) is 11.6. The molecule has 2 aromatic carbocycles. The van der Waals surface area contributed by atoms with Crippen molar-refractivity contribution in [2.24, 2.45) is 0 Å². The Morgan fingerprint density at radius 2 is 1.63 bits per heavy atom. The van der Waals surface area contributed by atoms with Crippen molar-refractivity contribution < 1.29 is 4.39 Å². The molecule has 0 fully saturated rings. The minimum atomic E-state index is -0.279. The lowest BCUT2D eigenvalue weighted by molar-refractivity contribution is 0.625. The van der Waals surface area contributed by atoms with Gasteiger partial charge in [-0.05, 0) is 54.3 Å². The van der Waals surface area contributed by atoms with Crippen LogP contribution < -0.4 is 5.32 Å². The summed E-state index contributed by atoms with van der Waals surface area (Å²) in [6.45, 7) is 0. The van der Waals surface area contributed by atoms with Crippen molar-refractivity contribution in [1.82, 2.24) is 0 Å². The monoisotopic (exact) mass is 295 g/mol. The zero-order valence-electron chi connectivity index (χ0n) is 10.1. The molecule has 0 saturated heterocycles. The van der Waals surface area contributed by atoms with E-state index >= 15 is 0 Å². The molecule has 0 heterocycles. The summed E-state index contributed by atoms with van der Waals surface area (Å²) >= 11 is 11.9. The van der Waals surface area contributed by atoms with Gasteiger partial charge in [-0.3, -0.25) is 0 Å². The lowest BCUT2D eigenvalue weighted by atomic mass is 10.1. The van der Waals surface area contributed by atoms with Gasteiger partial charge >= 0.3 is 0 Å². The quantitative estimate of drug-likeness (QED) is 0.846. The van der Waals surface area contributed by atoms with Crippen LogP contribution in [0.4, 0.5) is 10.1 Å². The summed E-state index contributed by atoms with van der Waals surface area (Å²) in [5.41, 5.74) is 2.95. The molecule has 0 aromatic heterocycles. The van der Waals surface area contributed by atoms with Crippen LogP contribution >= 0.6 is 23.2 Å². The molecule has 0 aliphatic heterocycles. The van der Waals surface area contributed by atoms with Crippen molar-refractivity contribution in [3.05, 3.63) is 63.4 Å². The molecular weight excluding hydrogens is 284 g/mol. The third-order valence-corrected chi connectivity index (χ3v) is 3.86. The van der Waals surface area contributed by atoms with Crippen molar-refractivity contribution in [1.29, 1.82) is 0 Å². The molecule has 98 valence electrons. The van der Waals surface area contributed by atoms with Crippen LogP contribution in [0, 0.1) is 5.82 Å². The highest BCUT2D eigenvalue weighted by molar-refractivity contribution is 6.31. The number of nitrogens with one attached hydrogen (secondary N) is 1. The average molecular weight is 296 g/mol. The van der Waals surface area contributed by atoms with Gasteiger partial charge in [0.2, 0.25) is 0 Å². The van der Waals surface area contributed by atoms with Crippen LogP contribution in [0.15, 0.2) is 36.4 Å². The zero-order chi connectivity index (χ0) is 13.4. The van der Waals surface area contributed by atoms with Gasteiger partial charge in [0.05, 0.1) is 5.69 Å². The van der Waals surface area contributed by atoms with Gasteiger partial charge in [0.15, 0.2) is 0 Å². The van der Waals surface area contributed by atoms with Crippen LogP contribution in [0.2, 0.25) is 10.0 Å². The third kappa shape index (κ3) is 2.70. The minimum Gasteiger partial charge on any atom is -0.379 e. The summed E-state index contributed by atoms with van der Waals surface area (Å²) in [4.78, 5) is 0. The van der Waals surface area contributed by atoms with Crippen LogP contribution in [0.5, 0.6) is 0 Å². The maximum atomic E-state index is 13.7. The van der Waals surface area contributed by atoms with E-state index < -0.39 is 0 Å². The smallest absolute Gasteiger partial charge is 0.146 e. The Bertz CT molecular complexity index is 628. The molecule has 0 saturated carbocycles. The molecule has 2 aromatic rings. The summed E-state index contributed by atoms with van der Waals surface area (Å²) in [7, 11) is 0. The first-order valence-electron chi connectivity index (χ1n) is 6.11. The van der Waals surface area contributed by atoms with Gasteiger partial charge < -0.3 is 5.32 Å². The van der Waals surface area contributed by atoms with Crippen LogP contribution in [0.25, 0.3) is 0 Å². The van der Waals surface area contributed by atoms with Crippen molar-refractivity contribution in [2.75, 3.05) is 5.32 Å². The summed E-state index contributed by atoms with van der Waals surface area (Å²) in [5.74, 6) is -0.279. The molecule has 1 aliphatic rings. The third-order valence-electron chi connectivity index (χ3n) is 3.39. The predicted octanol–water partition coefficient (Wildman–Crippen LogP) is 4.71. The van der Waals surface area contributed by atoms with Gasteiger partial charge in [-0.25, -0.2) is 4.39 Å². The van der Waals surface area contributed by atoms with Crippen molar-refractivity contribution in [3.8, 4) is 0 Å². The van der Waals surface area contributed by atoms with Gasteiger partial charge in [0, 0.05) is 16.1 Å². The second-order valence-corrected chi connectivity index (χ2v) is 5.66. The van der Waals surface area contributed by atoms with Gasteiger partial charge in [-0.2, -0.15) is 0 Å². The van der Waals surface area contributed by atoms with Gasteiger partial charge in [-0.1, -0.05) is 29.3 Å². The topological polar surface area (TPSA) is 12.0 Å². The summed E-state index contributed by atoms with van der Waals surface area (Å²) in [6.07, 6.45) is 1.72. The first-order valence-corrected chi connectivity index (χ1v) is 6.86. The summed E-state index contributed by atoms with van der Waals surface area (Å²) < 4.78 is 13.7. The van der Waals surface area contributed by atoms with Gasteiger partial charge in [-0.15, -0.1) is 0 Å². The predicted molar refractivity (Wildman–Crippen MR) is 77.7 cm³/mol. The molecule has 1 unspecified atom stereocenters. The molecule has 0 bridgehead atoms. The van der Waals surface area contributed by atoms with E-state index in [0.717, 1.165) is 17.9 Å². The Balaban J connectivity index is 1.78. The molecule has 3 rings (SSSR count). The fourth-order valence-electron chi connectivity index (χ4n) is 2.52. The van der Waals surface area contributed by atoms with E-state index in [4.69, 9.17) is 23.2 Å². The van der Waals surface area contributed by atoms with Gasteiger partial charge in [0.1, 0.15) is 5.82 Å². The fourth-order valence-corrected chi connectivity index (χ4v) is 2.88. The van der Waals surface area contributed by atoms with Crippen molar-refractivity contribution in [2.45, 2.75) is 18.9 Å². The van der Waals surface area contributed by atoms with Gasteiger partial charge in [0.25, 0.3) is 0 Å². The van der Waals surface area contributed by atoms with E-state index in [9.17, 15) is 4.39 Å². The van der Waals surface area contributed by atoms with Crippen LogP contribution in [0.1, 0.15) is 11.1 Å². The molecule has 0 radical (unpaired) electrons. The Morgan fingerprint density at radius 3 is 2.47 bits per heavy atom. The van der Waals surface area contributed by atoms with Crippen LogP contribution in [-0.4, -0.2) is 6.04 Å². The van der Waals surface area contributed by atoms with E-state index in [0.29, 0.717) is 10.7 Å². The highest BCUT2D eigenvalue weighted by Crippen LogP contribution is 2.28. The number of fused-ring (bicyclic) bond motifs is 1.